The van der Waals surface area contributed by atoms with Gasteiger partial charge in [0, 0.05) is 17.2 Å². The van der Waals surface area contributed by atoms with E-state index in [1.54, 1.807) is 12.1 Å². The SMILES string of the molecule is CCC(N)(Cc1ccccc1)c1ccc(OC)cc1F. The number of ether oxygens (including phenoxy) is 1. The maximum absolute atomic E-state index is 14.3. The zero-order valence-electron chi connectivity index (χ0n) is 11.9. The zero-order valence-corrected chi connectivity index (χ0v) is 11.9. The Morgan fingerprint density at radius 3 is 2.40 bits per heavy atom. The van der Waals surface area contributed by atoms with Crippen LogP contribution >= 0.6 is 0 Å². The number of halogens is 1. The van der Waals surface area contributed by atoms with Gasteiger partial charge in [0.1, 0.15) is 11.6 Å². The van der Waals surface area contributed by atoms with Gasteiger partial charge in [-0.3, -0.25) is 0 Å². The van der Waals surface area contributed by atoms with E-state index in [2.05, 4.69) is 0 Å². The van der Waals surface area contributed by atoms with E-state index in [9.17, 15) is 4.39 Å². The molecule has 0 saturated heterocycles. The average Bonchev–Trinajstić information content (AvgIpc) is 2.47. The standard InChI is InChI=1S/C17H20FNO/c1-3-17(19,12-13-7-5-4-6-8-13)15-10-9-14(20-2)11-16(15)18/h4-11H,3,12,19H2,1-2H3. The van der Waals surface area contributed by atoms with Crippen molar-refractivity contribution in [1.82, 2.24) is 0 Å². The topological polar surface area (TPSA) is 35.2 Å². The van der Waals surface area contributed by atoms with Crippen molar-refractivity contribution in [2.75, 3.05) is 7.11 Å². The third-order valence-corrected chi connectivity index (χ3v) is 3.71. The van der Waals surface area contributed by atoms with Gasteiger partial charge in [0.05, 0.1) is 7.11 Å². The van der Waals surface area contributed by atoms with E-state index < -0.39 is 5.54 Å². The maximum Gasteiger partial charge on any atom is 0.131 e. The lowest BCUT2D eigenvalue weighted by atomic mass is 9.82. The van der Waals surface area contributed by atoms with Gasteiger partial charge in [0.25, 0.3) is 0 Å². The first-order valence-electron chi connectivity index (χ1n) is 6.76. The van der Waals surface area contributed by atoms with E-state index in [0.29, 0.717) is 24.2 Å². The van der Waals surface area contributed by atoms with Crippen LogP contribution in [0.15, 0.2) is 48.5 Å². The van der Waals surface area contributed by atoms with Crippen LogP contribution in [0.3, 0.4) is 0 Å². The molecular weight excluding hydrogens is 253 g/mol. The first-order chi connectivity index (χ1) is 9.59. The highest BCUT2D eigenvalue weighted by Gasteiger charge is 2.28. The predicted molar refractivity (Wildman–Crippen MR) is 79.3 cm³/mol. The van der Waals surface area contributed by atoms with Gasteiger partial charge >= 0.3 is 0 Å². The van der Waals surface area contributed by atoms with Crippen LogP contribution in [-0.2, 0) is 12.0 Å². The Bertz CT molecular complexity index is 570. The Morgan fingerprint density at radius 2 is 1.85 bits per heavy atom. The van der Waals surface area contributed by atoms with Gasteiger partial charge in [0.15, 0.2) is 0 Å². The molecule has 0 amide bonds. The van der Waals surface area contributed by atoms with Crippen LogP contribution in [0.1, 0.15) is 24.5 Å². The minimum absolute atomic E-state index is 0.315. The van der Waals surface area contributed by atoms with Crippen LogP contribution in [0.25, 0.3) is 0 Å². The van der Waals surface area contributed by atoms with E-state index in [-0.39, 0.29) is 5.82 Å². The molecule has 0 aliphatic rings. The fraction of sp³-hybridized carbons (Fsp3) is 0.294. The summed E-state index contributed by atoms with van der Waals surface area (Å²) in [5, 5.41) is 0. The summed E-state index contributed by atoms with van der Waals surface area (Å²) in [6, 6.07) is 14.8. The first kappa shape index (κ1) is 14.5. The summed E-state index contributed by atoms with van der Waals surface area (Å²) in [7, 11) is 1.52. The molecule has 0 spiro atoms. The minimum atomic E-state index is -0.711. The number of methoxy groups -OCH3 is 1. The van der Waals surface area contributed by atoms with E-state index in [0.717, 1.165) is 5.56 Å². The van der Waals surface area contributed by atoms with E-state index in [1.807, 2.05) is 37.3 Å². The molecule has 3 heteroatoms. The Morgan fingerprint density at radius 1 is 1.15 bits per heavy atom. The van der Waals surface area contributed by atoms with Crippen LogP contribution in [0, 0.1) is 5.82 Å². The first-order valence-corrected chi connectivity index (χ1v) is 6.76. The summed E-state index contributed by atoms with van der Waals surface area (Å²) >= 11 is 0. The number of benzene rings is 2. The lowest BCUT2D eigenvalue weighted by molar-refractivity contribution is 0.390. The average molecular weight is 273 g/mol. The minimum Gasteiger partial charge on any atom is -0.497 e. The number of rotatable bonds is 5. The van der Waals surface area contributed by atoms with Gasteiger partial charge in [-0.2, -0.15) is 0 Å². The smallest absolute Gasteiger partial charge is 0.131 e. The van der Waals surface area contributed by atoms with E-state index >= 15 is 0 Å². The molecule has 0 aliphatic carbocycles. The highest BCUT2D eigenvalue weighted by molar-refractivity contribution is 5.35. The van der Waals surface area contributed by atoms with Crippen LogP contribution in [-0.4, -0.2) is 7.11 Å². The van der Waals surface area contributed by atoms with Crippen molar-refractivity contribution in [3.05, 3.63) is 65.5 Å². The van der Waals surface area contributed by atoms with Gasteiger partial charge in [-0.1, -0.05) is 43.3 Å². The van der Waals surface area contributed by atoms with Crippen LogP contribution < -0.4 is 10.5 Å². The number of nitrogens with two attached hydrogens (primary N) is 1. The van der Waals surface area contributed by atoms with E-state index in [1.165, 1.54) is 13.2 Å². The van der Waals surface area contributed by atoms with Gasteiger partial charge in [-0.15, -0.1) is 0 Å². The summed E-state index contributed by atoms with van der Waals surface area (Å²) in [5.74, 6) is 0.189. The molecule has 0 aromatic heterocycles. The van der Waals surface area contributed by atoms with Crippen molar-refractivity contribution in [1.29, 1.82) is 0 Å². The molecule has 2 aromatic carbocycles. The largest absolute Gasteiger partial charge is 0.497 e. The van der Waals surface area contributed by atoms with Crippen molar-refractivity contribution in [3.8, 4) is 5.75 Å². The van der Waals surface area contributed by atoms with Crippen molar-refractivity contribution in [2.45, 2.75) is 25.3 Å². The molecule has 0 heterocycles. The highest BCUT2D eigenvalue weighted by atomic mass is 19.1. The zero-order chi connectivity index (χ0) is 14.6. The lowest BCUT2D eigenvalue weighted by Crippen LogP contribution is -2.39. The Balaban J connectivity index is 2.35. The molecule has 0 radical (unpaired) electrons. The molecule has 2 N–H and O–H groups in total. The second-order valence-electron chi connectivity index (χ2n) is 5.02. The van der Waals surface area contributed by atoms with Crippen molar-refractivity contribution < 1.29 is 9.13 Å². The molecule has 0 aliphatic heterocycles. The predicted octanol–water partition coefficient (Wildman–Crippen LogP) is 3.64. The summed E-state index contributed by atoms with van der Waals surface area (Å²) in [6.45, 7) is 1.98. The Kier molecular flexibility index (Phi) is 4.40. The van der Waals surface area contributed by atoms with Crippen molar-refractivity contribution >= 4 is 0 Å². The number of hydrogen-bond acceptors (Lipinski definition) is 2. The molecule has 106 valence electrons. The second kappa shape index (κ2) is 6.06. The van der Waals surface area contributed by atoms with Crippen LogP contribution in [0.2, 0.25) is 0 Å². The van der Waals surface area contributed by atoms with Crippen LogP contribution in [0.4, 0.5) is 4.39 Å². The third-order valence-electron chi connectivity index (χ3n) is 3.71. The summed E-state index contributed by atoms with van der Waals surface area (Å²) in [6.07, 6.45) is 1.26. The molecule has 20 heavy (non-hydrogen) atoms. The lowest BCUT2D eigenvalue weighted by Gasteiger charge is -2.29. The molecule has 1 unspecified atom stereocenters. The Labute approximate surface area is 119 Å². The van der Waals surface area contributed by atoms with Gasteiger partial charge in [-0.05, 0) is 24.5 Å². The quantitative estimate of drug-likeness (QED) is 0.902. The number of hydrogen-bond donors (Lipinski definition) is 1. The normalized spacial score (nSPS) is 13.8. The summed E-state index contributed by atoms with van der Waals surface area (Å²) in [5.41, 5.74) is 7.39. The van der Waals surface area contributed by atoms with Crippen molar-refractivity contribution in [2.24, 2.45) is 5.73 Å². The van der Waals surface area contributed by atoms with Gasteiger partial charge in [-0.25, -0.2) is 4.39 Å². The molecular formula is C17H20FNO. The highest BCUT2D eigenvalue weighted by Crippen LogP contribution is 2.30. The van der Waals surface area contributed by atoms with Gasteiger partial charge in [0.2, 0.25) is 0 Å². The Hall–Kier alpha value is -1.87. The molecule has 0 saturated carbocycles. The molecule has 2 rings (SSSR count). The molecule has 0 fully saturated rings. The van der Waals surface area contributed by atoms with Crippen molar-refractivity contribution in [3.63, 3.8) is 0 Å². The second-order valence-corrected chi connectivity index (χ2v) is 5.02. The summed E-state index contributed by atoms with van der Waals surface area (Å²) in [4.78, 5) is 0. The van der Waals surface area contributed by atoms with E-state index in [4.69, 9.17) is 10.5 Å². The van der Waals surface area contributed by atoms with Gasteiger partial charge < -0.3 is 10.5 Å². The van der Waals surface area contributed by atoms with Crippen LogP contribution in [0.5, 0.6) is 5.75 Å². The molecule has 2 nitrogen and oxygen atoms in total. The third kappa shape index (κ3) is 2.99. The molecule has 0 bridgehead atoms. The maximum atomic E-state index is 14.3. The molecule has 1 atom stereocenters. The fourth-order valence-electron chi connectivity index (χ4n) is 2.40. The molecule has 2 aromatic rings. The summed E-state index contributed by atoms with van der Waals surface area (Å²) < 4.78 is 19.3. The fourth-order valence-corrected chi connectivity index (χ4v) is 2.40. The monoisotopic (exact) mass is 273 g/mol.